The quantitative estimate of drug-likeness (QED) is 0.259. The molecule has 3 fully saturated rings. The summed E-state index contributed by atoms with van der Waals surface area (Å²) in [5.74, 6) is -2.14. The number of aryl methyl sites for hydroxylation is 2. The summed E-state index contributed by atoms with van der Waals surface area (Å²) in [6.07, 6.45) is 5.33. The molecule has 3 saturated heterocycles. The summed E-state index contributed by atoms with van der Waals surface area (Å²) in [5.41, 5.74) is 2.76. The monoisotopic (exact) mass is 540 g/mol. The van der Waals surface area contributed by atoms with Crippen LogP contribution in [0.3, 0.4) is 0 Å². The van der Waals surface area contributed by atoms with Gasteiger partial charge < -0.3 is 19.6 Å². The highest BCUT2D eigenvalue weighted by atomic mass is 32.2. The second-order valence-electron chi connectivity index (χ2n) is 11.1. The minimum atomic E-state index is -0.805. The van der Waals surface area contributed by atoms with Crippen molar-refractivity contribution in [3.63, 3.8) is 0 Å². The number of carbonyl (C=O) groups excluding carboxylic acids is 3. The van der Waals surface area contributed by atoms with Crippen LogP contribution >= 0.6 is 11.8 Å². The van der Waals surface area contributed by atoms with Gasteiger partial charge in [0.2, 0.25) is 5.91 Å². The number of thioether (sulfide) groups is 1. The minimum absolute atomic E-state index is 0.0715. The lowest BCUT2D eigenvalue weighted by molar-refractivity contribution is -0.154. The standard InChI is InChI=1S/C30H40N2O5S/c1-7-9-15-37-29(36)24-23-12-13-30(38-23)25(24)27(34)32(22(17-33)18(3)4)26(30)28(35)31(14-8-2)21-16-19(5)10-11-20(21)6/h7-8,10-11,16,18,22-26,33H,1-2,9,12-15,17H2,3-6H3/t22-,23-,24+,25-,26?,30?/m0/s1. The Balaban J connectivity index is 1.81. The number of amides is 2. The number of carbonyl (C=O) groups is 3. The maximum Gasteiger partial charge on any atom is 0.310 e. The van der Waals surface area contributed by atoms with Crippen LogP contribution in [-0.4, -0.2) is 69.6 Å². The molecule has 4 rings (SSSR count). The molecule has 2 amide bonds. The smallest absolute Gasteiger partial charge is 0.310 e. The van der Waals surface area contributed by atoms with Crippen LogP contribution in [-0.2, 0) is 19.1 Å². The van der Waals surface area contributed by atoms with E-state index in [4.69, 9.17) is 4.74 Å². The number of likely N-dealkylation sites (tertiary alicyclic amines) is 1. The van der Waals surface area contributed by atoms with Gasteiger partial charge in [-0.2, -0.15) is 0 Å². The van der Waals surface area contributed by atoms with Gasteiger partial charge in [-0.25, -0.2) is 0 Å². The zero-order chi connectivity index (χ0) is 27.8. The zero-order valence-corrected chi connectivity index (χ0v) is 23.7. The van der Waals surface area contributed by atoms with E-state index in [1.54, 1.807) is 33.7 Å². The fraction of sp³-hybridized carbons (Fsp3) is 0.567. The second-order valence-corrected chi connectivity index (χ2v) is 12.7. The van der Waals surface area contributed by atoms with E-state index in [-0.39, 0.29) is 48.7 Å². The molecule has 8 heteroatoms. The highest BCUT2D eigenvalue weighted by Gasteiger charge is 2.75. The molecule has 7 nitrogen and oxygen atoms in total. The highest BCUT2D eigenvalue weighted by molar-refractivity contribution is 8.02. The van der Waals surface area contributed by atoms with E-state index in [9.17, 15) is 19.5 Å². The van der Waals surface area contributed by atoms with Crippen LogP contribution in [0.2, 0.25) is 0 Å². The van der Waals surface area contributed by atoms with Crippen molar-refractivity contribution in [2.45, 2.75) is 69.0 Å². The third kappa shape index (κ3) is 4.60. The molecular weight excluding hydrogens is 500 g/mol. The van der Waals surface area contributed by atoms with Crippen LogP contribution in [0, 0.1) is 31.6 Å². The molecule has 0 aliphatic carbocycles. The number of anilines is 1. The van der Waals surface area contributed by atoms with Gasteiger partial charge in [-0.3, -0.25) is 14.4 Å². The summed E-state index contributed by atoms with van der Waals surface area (Å²) >= 11 is 1.61. The maximum atomic E-state index is 14.7. The van der Waals surface area contributed by atoms with Crippen molar-refractivity contribution in [3.8, 4) is 0 Å². The van der Waals surface area contributed by atoms with Gasteiger partial charge in [0, 0.05) is 17.5 Å². The summed E-state index contributed by atoms with van der Waals surface area (Å²) in [6.45, 7) is 15.7. The first-order valence-electron chi connectivity index (χ1n) is 13.5. The predicted molar refractivity (Wildman–Crippen MR) is 151 cm³/mol. The SMILES string of the molecule is C=CCCOC(=O)[C@@H]1[C@@H]2CCC3(S2)C(C(=O)N(CC=C)c2cc(C)ccc2C)N([C@@H](CO)C(C)C)C(=O)[C@H]13. The molecule has 206 valence electrons. The number of benzene rings is 1. The average molecular weight is 541 g/mol. The number of aliphatic hydroxyl groups excluding tert-OH is 1. The summed E-state index contributed by atoms with van der Waals surface area (Å²) < 4.78 is 4.82. The van der Waals surface area contributed by atoms with Crippen molar-refractivity contribution in [3.05, 3.63) is 54.6 Å². The first kappa shape index (κ1) is 28.4. The van der Waals surface area contributed by atoms with Gasteiger partial charge in [0.05, 0.1) is 35.8 Å². The fourth-order valence-electron chi connectivity index (χ4n) is 6.55. The summed E-state index contributed by atoms with van der Waals surface area (Å²) in [5, 5.41) is 10.3. The first-order chi connectivity index (χ1) is 18.1. The van der Waals surface area contributed by atoms with E-state index in [1.165, 1.54) is 0 Å². The van der Waals surface area contributed by atoms with Gasteiger partial charge in [-0.15, -0.1) is 24.9 Å². The molecule has 3 heterocycles. The van der Waals surface area contributed by atoms with E-state index in [1.807, 2.05) is 45.9 Å². The molecule has 38 heavy (non-hydrogen) atoms. The first-order valence-corrected chi connectivity index (χ1v) is 14.4. The molecule has 1 aromatic rings. The summed E-state index contributed by atoms with van der Waals surface area (Å²) in [7, 11) is 0. The number of hydrogen-bond donors (Lipinski definition) is 1. The van der Waals surface area contributed by atoms with Gasteiger partial charge in [0.1, 0.15) is 6.04 Å². The molecule has 2 unspecified atom stereocenters. The third-order valence-corrected chi connectivity index (χ3v) is 10.3. The van der Waals surface area contributed by atoms with Crippen LogP contribution in [0.1, 0.15) is 44.2 Å². The van der Waals surface area contributed by atoms with Crippen LogP contribution in [0.5, 0.6) is 0 Å². The Kier molecular flexibility index (Phi) is 8.43. The van der Waals surface area contributed by atoms with Crippen molar-refractivity contribution < 1.29 is 24.2 Å². The Morgan fingerprint density at radius 3 is 2.66 bits per heavy atom. The highest BCUT2D eigenvalue weighted by Crippen LogP contribution is 2.67. The van der Waals surface area contributed by atoms with Crippen LogP contribution < -0.4 is 4.90 Å². The van der Waals surface area contributed by atoms with Crippen molar-refractivity contribution >= 4 is 35.2 Å². The van der Waals surface area contributed by atoms with E-state index >= 15 is 0 Å². The Morgan fingerprint density at radius 1 is 1.29 bits per heavy atom. The van der Waals surface area contributed by atoms with Gasteiger partial charge in [0.25, 0.3) is 5.91 Å². The Bertz CT molecular complexity index is 1120. The van der Waals surface area contributed by atoms with Crippen molar-refractivity contribution in [2.24, 2.45) is 17.8 Å². The number of nitrogens with zero attached hydrogens (tertiary/aromatic N) is 2. The van der Waals surface area contributed by atoms with Crippen molar-refractivity contribution in [1.82, 2.24) is 4.90 Å². The lowest BCUT2D eigenvalue weighted by atomic mass is 9.71. The predicted octanol–water partition coefficient (Wildman–Crippen LogP) is 4.05. The third-order valence-electron chi connectivity index (χ3n) is 8.36. The molecular formula is C30H40N2O5S. The Hall–Kier alpha value is -2.58. The zero-order valence-electron chi connectivity index (χ0n) is 22.9. The molecule has 1 spiro atoms. The summed E-state index contributed by atoms with van der Waals surface area (Å²) in [6, 6.07) is 4.63. The van der Waals surface area contributed by atoms with Gasteiger partial charge in [0.15, 0.2) is 0 Å². The molecule has 1 N–H and O–H groups in total. The van der Waals surface area contributed by atoms with Crippen molar-refractivity contribution in [1.29, 1.82) is 0 Å². The van der Waals surface area contributed by atoms with Crippen molar-refractivity contribution in [2.75, 3.05) is 24.7 Å². The minimum Gasteiger partial charge on any atom is -0.465 e. The molecule has 2 bridgehead atoms. The van der Waals surface area contributed by atoms with E-state index in [0.717, 1.165) is 23.2 Å². The molecule has 0 aromatic heterocycles. The van der Waals surface area contributed by atoms with Crippen LogP contribution in [0.15, 0.2) is 43.5 Å². The lowest BCUT2D eigenvalue weighted by Crippen LogP contribution is -2.58. The van der Waals surface area contributed by atoms with E-state index in [0.29, 0.717) is 12.8 Å². The van der Waals surface area contributed by atoms with Gasteiger partial charge in [-0.1, -0.05) is 38.1 Å². The normalized spacial score (nSPS) is 28.4. The number of rotatable bonds is 11. The average Bonchev–Trinajstić information content (AvgIpc) is 3.52. The lowest BCUT2D eigenvalue weighted by Gasteiger charge is -2.41. The van der Waals surface area contributed by atoms with Crippen LogP contribution in [0.25, 0.3) is 0 Å². The topological polar surface area (TPSA) is 87.2 Å². The second kappa shape index (κ2) is 11.3. The van der Waals surface area contributed by atoms with E-state index in [2.05, 4.69) is 13.2 Å². The molecule has 1 aromatic carbocycles. The molecule has 0 saturated carbocycles. The Morgan fingerprint density at radius 2 is 2.03 bits per heavy atom. The van der Waals surface area contributed by atoms with Crippen LogP contribution in [0.4, 0.5) is 5.69 Å². The maximum absolute atomic E-state index is 14.7. The number of esters is 1. The molecule has 3 aliphatic rings. The van der Waals surface area contributed by atoms with Gasteiger partial charge >= 0.3 is 5.97 Å². The molecule has 6 atom stereocenters. The fourth-order valence-corrected chi connectivity index (χ4v) is 8.74. The number of aliphatic hydroxyl groups is 1. The summed E-state index contributed by atoms with van der Waals surface area (Å²) in [4.78, 5) is 45.6. The van der Waals surface area contributed by atoms with E-state index < -0.39 is 28.7 Å². The number of hydrogen-bond acceptors (Lipinski definition) is 6. The van der Waals surface area contributed by atoms with Gasteiger partial charge in [-0.05, 0) is 56.2 Å². The Labute approximate surface area is 230 Å². The number of fused-ring (bicyclic) bond motifs is 1. The molecule has 3 aliphatic heterocycles. The number of ether oxygens (including phenoxy) is 1. The largest absolute Gasteiger partial charge is 0.465 e. The molecule has 0 radical (unpaired) electrons.